The van der Waals surface area contributed by atoms with Gasteiger partial charge in [0, 0.05) is 18.3 Å². The number of amides is 1. The van der Waals surface area contributed by atoms with E-state index >= 15 is 0 Å². The molecule has 4 unspecified atom stereocenters. The number of rotatable bonds is 2. The van der Waals surface area contributed by atoms with Gasteiger partial charge in [0.1, 0.15) is 0 Å². The molecule has 4 atom stereocenters. The quantitative estimate of drug-likeness (QED) is 0.780. The lowest BCUT2D eigenvalue weighted by Gasteiger charge is -2.36. The number of hydrogen-bond donors (Lipinski definition) is 3. The molecule has 0 bridgehead atoms. The number of benzene rings is 2. The summed E-state index contributed by atoms with van der Waals surface area (Å²) in [6, 6.07) is 16.5. The fourth-order valence-electron chi connectivity index (χ4n) is 4.18. The monoisotopic (exact) mass is 337 g/mol. The third kappa shape index (κ3) is 2.45. The smallest absolute Gasteiger partial charge is 0.231 e. The second-order valence-electron chi connectivity index (χ2n) is 6.72. The van der Waals surface area contributed by atoms with Gasteiger partial charge in [0.05, 0.1) is 12.2 Å². The molecule has 25 heavy (non-hydrogen) atoms. The predicted octanol–water partition coefficient (Wildman–Crippen LogP) is 1.81. The first-order valence-electron chi connectivity index (χ1n) is 8.54. The van der Waals surface area contributed by atoms with Crippen LogP contribution in [0, 0.1) is 5.92 Å². The average molecular weight is 337 g/mol. The molecule has 3 heterocycles. The van der Waals surface area contributed by atoms with E-state index in [4.69, 9.17) is 9.47 Å². The fourth-order valence-corrected chi connectivity index (χ4v) is 4.18. The van der Waals surface area contributed by atoms with Gasteiger partial charge in [-0.15, -0.1) is 0 Å². The van der Waals surface area contributed by atoms with Crippen LogP contribution in [0.3, 0.4) is 0 Å². The van der Waals surface area contributed by atoms with Crippen molar-refractivity contribution in [2.24, 2.45) is 5.92 Å². The van der Waals surface area contributed by atoms with E-state index in [9.17, 15) is 4.79 Å². The number of fused-ring (bicyclic) bond motifs is 2. The van der Waals surface area contributed by atoms with Crippen LogP contribution < -0.4 is 25.6 Å². The minimum atomic E-state index is -0.0955. The van der Waals surface area contributed by atoms with Crippen molar-refractivity contribution in [3.8, 4) is 11.5 Å². The number of piperidine rings is 1. The molecule has 128 valence electrons. The van der Waals surface area contributed by atoms with E-state index in [1.807, 2.05) is 36.4 Å². The molecule has 0 radical (unpaired) electrons. The van der Waals surface area contributed by atoms with Crippen LogP contribution in [-0.2, 0) is 4.79 Å². The molecule has 2 aromatic carbocycles. The third-order valence-electron chi connectivity index (χ3n) is 5.33. The molecule has 3 aliphatic rings. The van der Waals surface area contributed by atoms with Crippen LogP contribution in [0.4, 0.5) is 0 Å². The summed E-state index contributed by atoms with van der Waals surface area (Å²) in [6.07, 6.45) is 0.370. The van der Waals surface area contributed by atoms with E-state index in [1.165, 1.54) is 5.56 Å². The van der Waals surface area contributed by atoms with Crippen LogP contribution in [0.2, 0.25) is 0 Å². The Labute approximate surface area is 145 Å². The zero-order valence-corrected chi connectivity index (χ0v) is 13.6. The van der Waals surface area contributed by atoms with Crippen molar-refractivity contribution < 1.29 is 14.3 Å². The van der Waals surface area contributed by atoms with Crippen LogP contribution in [0.1, 0.15) is 29.5 Å². The molecule has 1 amide bonds. The van der Waals surface area contributed by atoms with Gasteiger partial charge in [0.2, 0.25) is 12.7 Å². The van der Waals surface area contributed by atoms with E-state index < -0.39 is 0 Å². The molecule has 3 aliphatic heterocycles. The van der Waals surface area contributed by atoms with Crippen molar-refractivity contribution in [1.29, 1.82) is 0 Å². The molecule has 3 N–H and O–H groups in total. The Balaban J connectivity index is 1.53. The van der Waals surface area contributed by atoms with Gasteiger partial charge in [-0.25, -0.2) is 10.9 Å². The maximum atomic E-state index is 12.2. The lowest BCUT2D eigenvalue weighted by molar-refractivity contribution is -0.125. The molecule has 2 fully saturated rings. The standard InChI is InChI=1S/C19H19N3O3/c23-16-9-13(12-6-7-14-15(8-12)25-10-24-14)17-18(21-22-19(17)20-16)11-4-2-1-3-5-11/h1-8,13,17-19,21-22H,9-10H2,(H,20,23). The number of hydrogen-bond acceptors (Lipinski definition) is 5. The highest BCUT2D eigenvalue weighted by molar-refractivity contribution is 5.78. The number of hydrazine groups is 1. The van der Waals surface area contributed by atoms with Gasteiger partial charge in [0.15, 0.2) is 11.5 Å². The van der Waals surface area contributed by atoms with Crippen molar-refractivity contribution in [2.75, 3.05) is 6.79 Å². The van der Waals surface area contributed by atoms with E-state index in [2.05, 4.69) is 28.3 Å². The minimum absolute atomic E-state index is 0.0620. The Kier molecular flexibility index (Phi) is 3.39. The Bertz CT molecular complexity index is 811. The van der Waals surface area contributed by atoms with Gasteiger partial charge >= 0.3 is 0 Å². The van der Waals surface area contributed by atoms with Crippen LogP contribution in [-0.4, -0.2) is 18.9 Å². The van der Waals surface area contributed by atoms with E-state index in [1.54, 1.807) is 0 Å². The van der Waals surface area contributed by atoms with Crippen LogP contribution in [0.5, 0.6) is 11.5 Å². The molecule has 0 spiro atoms. The lowest BCUT2D eigenvalue weighted by Crippen LogP contribution is -2.52. The predicted molar refractivity (Wildman–Crippen MR) is 90.8 cm³/mol. The Morgan fingerprint density at radius 3 is 2.64 bits per heavy atom. The molecule has 0 aromatic heterocycles. The number of nitrogens with one attached hydrogen (secondary N) is 3. The zero-order chi connectivity index (χ0) is 16.8. The van der Waals surface area contributed by atoms with Crippen LogP contribution in [0.15, 0.2) is 48.5 Å². The van der Waals surface area contributed by atoms with Crippen molar-refractivity contribution in [2.45, 2.75) is 24.5 Å². The molecule has 2 saturated heterocycles. The summed E-state index contributed by atoms with van der Waals surface area (Å²) in [7, 11) is 0. The summed E-state index contributed by atoms with van der Waals surface area (Å²) in [4.78, 5) is 12.2. The Hall–Kier alpha value is -2.57. The summed E-state index contributed by atoms with van der Waals surface area (Å²) in [5, 5.41) is 3.06. The van der Waals surface area contributed by atoms with Gasteiger partial charge < -0.3 is 14.8 Å². The fraction of sp³-hybridized carbons (Fsp3) is 0.316. The Morgan fingerprint density at radius 2 is 1.76 bits per heavy atom. The van der Waals surface area contributed by atoms with Gasteiger partial charge in [-0.3, -0.25) is 4.79 Å². The first kappa shape index (κ1) is 14.7. The van der Waals surface area contributed by atoms with Crippen molar-refractivity contribution in [1.82, 2.24) is 16.2 Å². The zero-order valence-electron chi connectivity index (χ0n) is 13.6. The molecular weight excluding hydrogens is 318 g/mol. The summed E-state index contributed by atoms with van der Waals surface area (Å²) in [6.45, 7) is 0.256. The highest BCUT2D eigenvalue weighted by atomic mass is 16.7. The summed E-state index contributed by atoms with van der Waals surface area (Å²) in [5.74, 6) is 1.89. The summed E-state index contributed by atoms with van der Waals surface area (Å²) >= 11 is 0. The van der Waals surface area contributed by atoms with Crippen LogP contribution >= 0.6 is 0 Å². The molecule has 0 saturated carbocycles. The molecule has 0 aliphatic carbocycles. The maximum Gasteiger partial charge on any atom is 0.231 e. The van der Waals surface area contributed by atoms with Gasteiger partial charge in [-0.05, 0) is 23.3 Å². The topological polar surface area (TPSA) is 71.6 Å². The van der Waals surface area contributed by atoms with Gasteiger partial charge in [-0.2, -0.15) is 0 Å². The first-order valence-corrected chi connectivity index (χ1v) is 8.54. The van der Waals surface area contributed by atoms with Crippen LogP contribution in [0.25, 0.3) is 0 Å². The van der Waals surface area contributed by atoms with Crippen molar-refractivity contribution in [3.63, 3.8) is 0 Å². The van der Waals surface area contributed by atoms with Crippen molar-refractivity contribution in [3.05, 3.63) is 59.7 Å². The molecule has 2 aromatic rings. The second kappa shape index (κ2) is 5.75. The molecular formula is C19H19N3O3. The molecule has 6 nitrogen and oxygen atoms in total. The van der Waals surface area contributed by atoms with E-state index in [0.717, 1.165) is 17.1 Å². The molecule has 5 rings (SSSR count). The second-order valence-corrected chi connectivity index (χ2v) is 6.72. The molecule has 6 heteroatoms. The Morgan fingerprint density at radius 1 is 0.920 bits per heavy atom. The third-order valence-corrected chi connectivity index (χ3v) is 5.33. The highest BCUT2D eigenvalue weighted by Gasteiger charge is 2.46. The minimum Gasteiger partial charge on any atom is -0.454 e. The van der Waals surface area contributed by atoms with E-state index in [-0.39, 0.29) is 36.7 Å². The largest absolute Gasteiger partial charge is 0.454 e. The SMILES string of the molecule is O=C1CC(c2ccc3c(c2)OCO3)C2C(NNC2c2ccccc2)N1. The number of ether oxygens (including phenoxy) is 2. The van der Waals surface area contributed by atoms with Gasteiger partial charge in [-0.1, -0.05) is 36.4 Å². The highest BCUT2D eigenvalue weighted by Crippen LogP contribution is 2.45. The number of carbonyl (C=O) groups is 1. The average Bonchev–Trinajstić information content (AvgIpc) is 3.27. The van der Waals surface area contributed by atoms with Crippen molar-refractivity contribution >= 4 is 5.91 Å². The first-order chi connectivity index (χ1) is 12.3. The maximum absolute atomic E-state index is 12.2. The van der Waals surface area contributed by atoms with Gasteiger partial charge in [0.25, 0.3) is 0 Å². The number of carbonyl (C=O) groups excluding carboxylic acids is 1. The summed E-state index contributed by atoms with van der Waals surface area (Å²) < 4.78 is 10.9. The normalized spacial score (nSPS) is 30.0. The summed E-state index contributed by atoms with van der Waals surface area (Å²) in [5.41, 5.74) is 8.94. The lowest BCUT2D eigenvalue weighted by atomic mass is 9.74. The van der Waals surface area contributed by atoms with E-state index in [0.29, 0.717) is 6.42 Å².